The molecule has 1 aliphatic rings. The molecular weight excluding hydrogens is 192 g/mol. The number of hydrogen-bond acceptors (Lipinski definition) is 4. The topological polar surface area (TPSA) is 72.3 Å². The molecule has 0 saturated heterocycles. The second-order valence-electron chi connectivity index (χ2n) is 2.18. The van der Waals surface area contributed by atoms with Gasteiger partial charge < -0.3 is 0 Å². The SMILES string of the molecule is N#CC1(C#N)C=NC(C(F)(F)F)=N1.[LiH]. The molecule has 8 heteroatoms. The van der Waals surface area contributed by atoms with E-state index in [-0.39, 0.29) is 18.9 Å². The summed E-state index contributed by atoms with van der Waals surface area (Å²) in [6.45, 7) is 0. The van der Waals surface area contributed by atoms with E-state index in [0.717, 1.165) is 0 Å². The zero-order chi connectivity index (χ0) is 10.1. The van der Waals surface area contributed by atoms with Crippen LogP contribution in [0, 0.1) is 22.7 Å². The Balaban J connectivity index is 0.00000169. The predicted molar refractivity (Wildman–Crippen MR) is 43.1 cm³/mol. The van der Waals surface area contributed by atoms with E-state index < -0.39 is 17.6 Å². The fraction of sp³-hybridized carbons (Fsp3) is 0.333. The number of aliphatic imine (C=N–C) groups is 2. The Kier molecular flexibility index (Phi) is 3.48. The second kappa shape index (κ2) is 3.84. The normalized spacial score (nSPS) is 17.6. The molecule has 68 valence electrons. The summed E-state index contributed by atoms with van der Waals surface area (Å²) in [6.07, 6.45) is -4.14. The van der Waals surface area contributed by atoms with Gasteiger partial charge in [-0.15, -0.1) is 0 Å². The molecule has 0 aromatic heterocycles. The van der Waals surface area contributed by atoms with Crippen LogP contribution in [0.5, 0.6) is 0 Å². The van der Waals surface area contributed by atoms with Crippen molar-refractivity contribution in [2.45, 2.75) is 11.7 Å². The summed E-state index contributed by atoms with van der Waals surface area (Å²) in [6, 6.07) is 2.66. The summed E-state index contributed by atoms with van der Waals surface area (Å²) in [5.41, 5.74) is -2.11. The van der Waals surface area contributed by atoms with Crippen molar-refractivity contribution in [2.75, 3.05) is 0 Å². The summed E-state index contributed by atoms with van der Waals surface area (Å²) in [4.78, 5) is 5.73. The average Bonchev–Trinajstić information content (AvgIpc) is 2.48. The van der Waals surface area contributed by atoms with Gasteiger partial charge >= 0.3 is 25.0 Å². The van der Waals surface area contributed by atoms with E-state index >= 15 is 0 Å². The van der Waals surface area contributed by atoms with Crippen molar-refractivity contribution in [3.63, 3.8) is 0 Å². The van der Waals surface area contributed by atoms with Crippen molar-refractivity contribution in [1.82, 2.24) is 0 Å². The third-order valence-corrected chi connectivity index (χ3v) is 1.25. The van der Waals surface area contributed by atoms with E-state index in [1.807, 2.05) is 0 Å². The Bertz CT molecular complexity index is 356. The number of halogens is 3. The fourth-order valence-corrected chi connectivity index (χ4v) is 0.649. The zero-order valence-corrected chi connectivity index (χ0v) is 6.00. The first-order valence-electron chi connectivity index (χ1n) is 2.98. The van der Waals surface area contributed by atoms with Crippen LogP contribution in [0.2, 0.25) is 0 Å². The van der Waals surface area contributed by atoms with E-state index in [1.54, 1.807) is 0 Å². The minimum absolute atomic E-state index is 0. The average molecular weight is 194 g/mol. The standard InChI is InChI=1S/C6HF3N4.Li.H/c7-6(8,9)4-12-3-5(1-10,2-11)13-4;;/h3H;;. The third-order valence-electron chi connectivity index (χ3n) is 1.25. The van der Waals surface area contributed by atoms with Gasteiger partial charge in [0.25, 0.3) is 5.54 Å². The molecule has 1 rings (SSSR count). The van der Waals surface area contributed by atoms with Crippen LogP contribution in [-0.2, 0) is 0 Å². The molecule has 0 aromatic rings. The molecule has 0 amide bonds. The molecule has 0 atom stereocenters. The summed E-state index contributed by atoms with van der Waals surface area (Å²) in [7, 11) is 0. The minimum atomic E-state index is -4.72. The quantitative estimate of drug-likeness (QED) is 0.515. The molecule has 0 fully saturated rings. The van der Waals surface area contributed by atoms with Crippen LogP contribution in [0.4, 0.5) is 13.2 Å². The van der Waals surface area contributed by atoms with Crippen LogP contribution < -0.4 is 0 Å². The van der Waals surface area contributed by atoms with Gasteiger partial charge in [0.05, 0.1) is 6.21 Å². The Morgan fingerprint density at radius 1 is 1.29 bits per heavy atom. The molecule has 0 unspecified atom stereocenters. The van der Waals surface area contributed by atoms with Gasteiger partial charge in [-0.25, -0.2) is 9.98 Å². The molecule has 0 bridgehead atoms. The molecule has 0 aromatic carbocycles. The Morgan fingerprint density at radius 2 is 1.79 bits per heavy atom. The molecule has 1 heterocycles. The van der Waals surface area contributed by atoms with Crippen molar-refractivity contribution in [2.24, 2.45) is 9.98 Å². The van der Waals surface area contributed by atoms with Crippen LogP contribution in [0.3, 0.4) is 0 Å². The number of hydrogen-bond donors (Lipinski definition) is 0. The van der Waals surface area contributed by atoms with Gasteiger partial charge in [0.2, 0.25) is 5.84 Å². The Morgan fingerprint density at radius 3 is 2.00 bits per heavy atom. The number of amidine groups is 1. The predicted octanol–water partition coefficient (Wildman–Crippen LogP) is 0.169. The first-order chi connectivity index (χ1) is 5.93. The summed E-state index contributed by atoms with van der Waals surface area (Å²) in [5.74, 6) is -1.45. The fourth-order valence-electron chi connectivity index (χ4n) is 0.649. The van der Waals surface area contributed by atoms with Crippen molar-refractivity contribution in [3.05, 3.63) is 0 Å². The third kappa shape index (κ3) is 2.14. The van der Waals surface area contributed by atoms with Crippen molar-refractivity contribution >= 4 is 30.9 Å². The molecule has 0 spiro atoms. The molecule has 0 saturated carbocycles. The van der Waals surface area contributed by atoms with Crippen LogP contribution in [-0.4, -0.2) is 42.6 Å². The first kappa shape index (κ1) is 12.7. The van der Waals surface area contributed by atoms with E-state index in [1.165, 1.54) is 12.1 Å². The summed E-state index contributed by atoms with van der Waals surface area (Å²) in [5, 5.41) is 16.7. The molecule has 14 heavy (non-hydrogen) atoms. The molecule has 0 aliphatic carbocycles. The Labute approximate surface area is 88.9 Å². The van der Waals surface area contributed by atoms with Crippen molar-refractivity contribution in [3.8, 4) is 12.1 Å². The van der Waals surface area contributed by atoms with Crippen LogP contribution >= 0.6 is 0 Å². The van der Waals surface area contributed by atoms with Gasteiger partial charge in [0.1, 0.15) is 12.1 Å². The summed E-state index contributed by atoms with van der Waals surface area (Å²) >= 11 is 0. The summed E-state index contributed by atoms with van der Waals surface area (Å²) < 4.78 is 35.7. The Hall–Kier alpha value is -1.29. The van der Waals surface area contributed by atoms with E-state index in [0.29, 0.717) is 6.21 Å². The van der Waals surface area contributed by atoms with Crippen molar-refractivity contribution < 1.29 is 13.2 Å². The second-order valence-corrected chi connectivity index (χ2v) is 2.18. The first-order valence-corrected chi connectivity index (χ1v) is 2.98. The number of nitrogens with zero attached hydrogens (tertiary/aromatic N) is 4. The molecule has 0 radical (unpaired) electrons. The van der Waals surface area contributed by atoms with E-state index in [2.05, 4.69) is 9.98 Å². The molecule has 1 aliphatic heterocycles. The van der Waals surface area contributed by atoms with Crippen molar-refractivity contribution in [1.29, 1.82) is 10.5 Å². The van der Waals surface area contributed by atoms with E-state index in [9.17, 15) is 13.2 Å². The number of rotatable bonds is 0. The van der Waals surface area contributed by atoms with Crippen LogP contribution in [0.25, 0.3) is 0 Å². The van der Waals surface area contributed by atoms with Gasteiger partial charge in [-0.3, -0.25) is 0 Å². The van der Waals surface area contributed by atoms with Gasteiger partial charge in [-0.1, -0.05) is 0 Å². The van der Waals surface area contributed by atoms with Gasteiger partial charge in [0, 0.05) is 0 Å². The van der Waals surface area contributed by atoms with Gasteiger partial charge in [-0.2, -0.15) is 23.7 Å². The number of alkyl halides is 3. The molecular formula is C6H2F3LiN4. The molecule has 4 nitrogen and oxygen atoms in total. The van der Waals surface area contributed by atoms with Crippen LogP contribution in [0.1, 0.15) is 0 Å². The molecule has 0 N–H and O–H groups in total. The van der Waals surface area contributed by atoms with Gasteiger partial charge in [-0.05, 0) is 0 Å². The number of nitriles is 2. The zero-order valence-electron chi connectivity index (χ0n) is 6.00. The van der Waals surface area contributed by atoms with E-state index in [4.69, 9.17) is 10.5 Å². The maximum absolute atomic E-state index is 11.9. The van der Waals surface area contributed by atoms with Gasteiger partial charge in [0.15, 0.2) is 0 Å². The van der Waals surface area contributed by atoms with Crippen LogP contribution in [0.15, 0.2) is 9.98 Å². The monoisotopic (exact) mass is 194 g/mol. The maximum atomic E-state index is 11.9.